The Labute approximate surface area is 331 Å². The van der Waals surface area contributed by atoms with Crippen LogP contribution in [0.4, 0.5) is 0 Å². The fourth-order valence-corrected chi connectivity index (χ4v) is 6.10. The Bertz CT molecular complexity index is 1030. The lowest BCUT2D eigenvalue weighted by molar-refractivity contribution is -0.887. The number of carbonyl (C=O) groups is 3. The zero-order valence-electron chi connectivity index (χ0n) is 35.4. The van der Waals surface area contributed by atoms with E-state index in [2.05, 4.69) is 62.5 Å². The van der Waals surface area contributed by atoms with Gasteiger partial charge in [-0.15, -0.1) is 0 Å². The van der Waals surface area contributed by atoms with Crippen LogP contribution in [0.25, 0.3) is 0 Å². The van der Waals surface area contributed by atoms with E-state index in [0.717, 1.165) is 77.0 Å². The van der Waals surface area contributed by atoms with Crippen LogP contribution in [0, 0.1) is 0 Å². The van der Waals surface area contributed by atoms with Crippen LogP contribution in [0.3, 0.4) is 0 Å². The SMILES string of the molecule is CC/C=C\C/C=C\C/C=C\CCCCCCCCCC(=O)OC(COCCC(C(=O)O)[N+](C)(C)C)COC(=O)CCCCCCC/C=C\CCCCCC. The van der Waals surface area contributed by atoms with Crippen molar-refractivity contribution in [1.82, 2.24) is 0 Å². The largest absolute Gasteiger partial charge is 0.477 e. The van der Waals surface area contributed by atoms with Gasteiger partial charge in [-0.05, 0) is 70.6 Å². The van der Waals surface area contributed by atoms with E-state index in [1.807, 2.05) is 21.1 Å². The van der Waals surface area contributed by atoms with Crippen molar-refractivity contribution in [2.24, 2.45) is 0 Å². The van der Waals surface area contributed by atoms with E-state index >= 15 is 0 Å². The molecule has 0 heterocycles. The molecule has 0 aliphatic rings. The van der Waals surface area contributed by atoms with Gasteiger partial charge in [-0.25, -0.2) is 4.79 Å². The van der Waals surface area contributed by atoms with E-state index in [0.29, 0.717) is 19.3 Å². The van der Waals surface area contributed by atoms with Crippen LogP contribution in [0.1, 0.15) is 174 Å². The lowest BCUT2D eigenvalue weighted by Gasteiger charge is -2.31. The number of allylic oxidation sites excluding steroid dienone is 8. The second kappa shape index (κ2) is 37.2. The summed E-state index contributed by atoms with van der Waals surface area (Å²) in [4.78, 5) is 36.9. The normalized spacial score (nSPS) is 13.4. The van der Waals surface area contributed by atoms with E-state index in [1.165, 1.54) is 64.2 Å². The minimum absolute atomic E-state index is 0.0538. The second-order valence-corrected chi connectivity index (χ2v) is 15.6. The van der Waals surface area contributed by atoms with Gasteiger partial charge >= 0.3 is 17.9 Å². The molecule has 0 aromatic carbocycles. The zero-order valence-corrected chi connectivity index (χ0v) is 35.4. The molecule has 0 rings (SSSR count). The Kier molecular flexibility index (Phi) is 35.4. The fourth-order valence-electron chi connectivity index (χ4n) is 6.10. The molecule has 0 fully saturated rings. The molecule has 8 nitrogen and oxygen atoms in total. The number of aliphatic carboxylic acids is 1. The van der Waals surface area contributed by atoms with E-state index in [4.69, 9.17) is 14.2 Å². The third-order valence-corrected chi connectivity index (χ3v) is 9.46. The minimum atomic E-state index is -0.879. The van der Waals surface area contributed by atoms with Gasteiger partial charge in [-0.3, -0.25) is 9.59 Å². The first-order valence-corrected chi connectivity index (χ1v) is 21.7. The molecule has 2 atom stereocenters. The molecule has 0 aliphatic heterocycles. The van der Waals surface area contributed by atoms with Gasteiger partial charge in [0.2, 0.25) is 0 Å². The highest BCUT2D eigenvalue weighted by Gasteiger charge is 2.31. The lowest BCUT2D eigenvalue weighted by atomic mass is 10.1. The van der Waals surface area contributed by atoms with Crippen molar-refractivity contribution >= 4 is 17.9 Å². The van der Waals surface area contributed by atoms with Crippen molar-refractivity contribution in [3.05, 3.63) is 48.6 Å². The van der Waals surface area contributed by atoms with E-state index in [-0.39, 0.29) is 36.2 Å². The fraction of sp³-hybridized carbons (Fsp3) is 0.761. The van der Waals surface area contributed by atoms with Gasteiger partial charge < -0.3 is 23.8 Å². The standard InChI is InChI=1S/C46H81NO7/c1-6-8-10-12-14-16-18-20-21-22-23-25-27-29-31-33-35-37-45(49)54-42(40-52-39-38-43(46(50)51)47(3,4)5)41-53-44(48)36-34-32-30-28-26-24-19-17-15-13-11-9-7-2/h8,10,14,16-17,19-21,42-43H,6-7,9,11-13,15,18,22-41H2,1-5H3/p+1/b10-8-,16-14-,19-17-,21-20-. The maximum Gasteiger partial charge on any atom is 0.362 e. The van der Waals surface area contributed by atoms with Gasteiger partial charge in [-0.2, -0.15) is 0 Å². The summed E-state index contributed by atoms with van der Waals surface area (Å²) in [6.07, 6.45) is 42.9. The average Bonchev–Trinajstić information content (AvgIpc) is 3.12. The number of nitrogens with zero attached hydrogens (tertiary/aromatic N) is 1. The number of likely N-dealkylation sites (N-methyl/N-ethyl adjacent to an activating group) is 1. The number of unbranched alkanes of at least 4 members (excludes halogenated alkanes) is 16. The molecule has 0 aromatic rings. The van der Waals surface area contributed by atoms with Crippen molar-refractivity contribution in [3.8, 4) is 0 Å². The van der Waals surface area contributed by atoms with Gasteiger partial charge in [0, 0.05) is 19.3 Å². The molecule has 8 heteroatoms. The predicted octanol–water partition coefficient (Wildman–Crippen LogP) is 11.6. The molecule has 0 aromatic heterocycles. The quantitative estimate of drug-likeness (QED) is 0.0289. The molecule has 0 radical (unpaired) electrons. The predicted molar refractivity (Wildman–Crippen MR) is 224 cm³/mol. The summed E-state index contributed by atoms with van der Waals surface area (Å²) in [5.41, 5.74) is 0. The summed E-state index contributed by atoms with van der Waals surface area (Å²) < 4.78 is 17.2. The van der Waals surface area contributed by atoms with E-state index in [9.17, 15) is 19.5 Å². The molecule has 0 saturated carbocycles. The highest BCUT2D eigenvalue weighted by atomic mass is 16.6. The molecule has 0 aliphatic carbocycles. The molecule has 0 spiro atoms. The third kappa shape index (κ3) is 35.0. The first kappa shape index (κ1) is 51.3. The number of esters is 2. The van der Waals surface area contributed by atoms with Crippen LogP contribution in [-0.4, -0.2) is 80.6 Å². The van der Waals surface area contributed by atoms with Gasteiger partial charge in [0.15, 0.2) is 12.1 Å². The number of carboxylic acid groups (broad SMARTS) is 1. The van der Waals surface area contributed by atoms with Crippen LogP contribution in [0.2, 0.25) is 0 Å². The summed E-state index contributed by atoms with van der Waals surface area (Å²) >= 11 is 0. The molecule has 0 saturated heterocycles. The smallest absolute Gasteiger partial charge is 0.362 e. The number of quaternary nitrogens is 1. The lowest BCUT2D eigenvalue weighted by Crippen LogP contribution is -2.50. The molecule has 54 heavy (non-hydrogen) atoms. The number of ether oxygens (including phenoxy) is 3. The van der Waals surface area contributed by atoms with E-state index < -0.39 is 18.1 Å². The molecular weight excluding hydrogens is 679 g/mol. The van der Waals surface area contributed by atoms with Crippen LogP contribution < -0.4 is 0 Å². The molecule has 0 bridgehead atoms. The van der Waals surface area contributed by atoms with E-state index in [1.54, 1.807) is 0 Å². The minimum Gasteiger partial charge on any atom is -0.477 e. The Morgan fingerprint density at radius 3 is 1.56 bits per heavy atom. The molecule has 2 unspecified atom stereocenters. The van der Waals surface area contributed by atoms with Crippen molar-refractivity contribution in [3.63, 3.8) is 0 Å². The number of hydrogen-bond donors (Lipinski definition) is 1. The summed E-state index contributed by atoms with van der Waals surface area (Å²) in [6.45, 7) is 4.59. The maximum absolute atomic E-state index is 12.7. The van der Waals surface area contributed by atoms with Crippen molar-refractivity contribution in [1.29, 1.82) is 0 Å². The maximum atomic E-state index is 12.7. The number of hydrogen-bond acceptors (Lipinski definition) is 6. The molecule has 0 amide bonds. The second-order valence-electron chi connectivity index (χ2n) is 15.6. The van der Waals surface area contributed by atoms with Gasteiger partial charge in [0.05, 0.1) is 34.4 Å². The Morgan fingerprint density at radius 1 is 0.574 bits per heavy atom. The van der Waals surface area contributed by atoms with Gasteiger partial charge in [-0.1, -0.05) is 133 Å². The average molecular weight is 761 g/mol. The Morgan fingerprint density at radius 2 is 1.04 bits per heavy atom. The van der Waals surface area contributed by atoms with Crippen molar-refractivity contribution in [2.75, 3.05) is 41.0 Å². The Hall–Kier alpha value is -2.71. The summed E-state index contributed by atoms with van der Waals surface area (Å²) in [5.74, 6) is -1.49. The molecule has 1 N–H and O–H groups in total. The number of carbonyl (C=O) groups excluding carboxylic acids is 2. The highest BCUT2D eigenvalue weighted by Crippen LogP contribution is 2.14. The van der Waals surface area contributed by atoms with Crippen molar-refractivity contribution in [2.45, 2.75) is 187 Å². The molecular formula is C46H82NO7+. The summed E-state index contributed by atoms with van der Waals surface area (Å²) in [6, 6.07) is -0.618. The molecule has 312 valence electrons. The van der Waals surface area contributed by atoms with Crippen LogP contribution in [0.15, 0.2) is 48.6 Å². The first-order valence-electron chi connectivity index (χ1n) is 21.7. The van der Waals surface area contributed by atoms with Gasteiger partial charge in [0.1, 0.15) is 6.61 Å². The Balaban J connectivity index is 4.38. The summed E-state index contributed by atoms with van der Waals surface area (Å²) in [7, 11) is 5.52. The van der Waals surface area contributed by atoms with Gasteiger partial charge in [0.25, 0.3) is 0 Å². The van der Waals surface area contributed by atoms with Crippen LogP contribution in [-0.2, 0) is 28.6 Å². The first-order chi connectivity index (χ1) is 26.1. The monoisotopic (exact) mass is 761 g/mol. The number of rotatable bonds is 38. The zero-order chi connectivity index (χ0) is 40.0. The highest BCUT2D eigenvalue weighted by molar-refractivity contribution is 5.72. The number of carboxylic acids is 1. The topological polar surface area (TPSA) is 99.1 Å². The summed E-state index contributed by atoms with van der Waals surface area (Å²) in [5, 5.41) is 9.61. The van der Waals surface area contributed by atoms with Crippen LogP contribution >= 0.6 is 0 Å². The third-order valence-electron chi connectivity index (χ3n) is 9.46. The van der Waals surface area contributed by atoms with Crippen LogP contribution in [0.5, 0.6) is 0 Å². The van der Waals surface area contributed by atoms with Crippen molar-refractivity contribution < 1.29 is 38.2 Å².